The summed E-state index contributed by atoms with van der Waals surface area (Å²) in [5.41, 5.74) is 3.06. The highest BCUT2D eigenvalue weighted by molar-refractivity contribution is 5.95. The van der Waals surface area contributed by atoms with Gasteiger partial charge in [-0.05, 0) is 11.6 Å². The van der Waals surface area contributed by atoms with E-state index in [2.05, 4.69) is 9.89 Å². The highest BCUT2D eigenvalue weighted by Crippen LogP contribution is 2.02. The molecule has 120 valence electrons. The van der Waals surface area contributed by atoms with Gasteiger partial charge in [0.1, 0.15) is 5.84 Å². The van der Waals surface area contributed by atoms with Gasteiger partial charge in [0.25, 0.3) is 0 Å². The molecule has 3 N–H and O–H groups in total. The summed E-state index contributed by atoms with van der Waals surface area (Å²) in [4.78, 5) is 6.33. The van der Waals surface area contributed by atoms with E-state index in [1.54, 1.807) is 6.08 Å². The Hall–Kier alpha value is -1.73. The Labute approximate surface area is 130 Å². The maximum Gasteiger partial charge on any atom is 0.144 e. The van der Waals surface area contributed by atoms with Crippen molar-refractivity contribution in [3.63, 3.8) is 0 Å². The number of β-amino-alcohol motifs (C(OH)–C–C–N with tert-alkyl or cyclic N) is 1. The highest BCUT2D eigenvalue weighted by atomic mass is 16.5. The molecule has 22 heavy (non-hydrogen) atoms. The summed E-state index contributed by atoms with van der Waals surface area (Å²) in [6.07, 6.45) is 2.96. The van der Waals surface area contributed by atoms with Gasteiger partial charge in [0.2, 0.25) is 0 Å². The number of nitrogens with one attached hydrogen (secondary N) is 1. The van der Waals surface area contributed by atoms with Crippen molar-refractivity contribution < 1.29 is 15.1 Å². The summed E-state index contributed by atoms with van der Waals surface area (Å²) in [6, 6.07) is 9.74. The van der Waals surface area contributed by atoms with Crippen LogP contribution in [0.4, 0.5) is 0 Å². The van der Waals surface area contributed by atoms with Crippen LogP contribution in [0.1, 0.15) is 5.56 Å². The molecule has 1 aromatic carbocycles. The van der Waals surface area contributed by atoms with E-state index < -0.39 is 6.10 Å². The molecule has 1 aliphatic heterocycles. The number of morpholine rings is 1. The molecular formula is C16H23N3O3. The molecule has 0 saturated carbocycles. The maximum absolute atomic E-state index is 10.0. The van der Waals surface area contributed by atoms with Gasteiger partial charge in [-0.1, -0.05) is 36.4 Å². The van der Waals surface area contributed by atoms with E-state index in [0.717, 1.165) is 18.7 Å². The van der Waals surface area contributed by atoms with E-state index in [1.807, 2.05) is 41.9 Å². The molecule has 6 nitrogen and oxygen atoms in total. The van der Waals surface area contributed by atoms with Crippen LogP contribution in [0.15, 0.2) is 41.4 Å². The highest BCUT2D eigenvalue weighted by Gasteiger charge is 2.14. The number of aliphatic imine (C=N–C) groups is 1. The van der Waals surface area contributed by atoms with E-state index in [4.69, 9.17) is 9.94 Å². The molecule has 1 saturated heterocycles. The van der Waals surface area contributed by atoms with E-state index in [1.165, 1.54) is 0 Å². The van der Waals surface area contributed by atoms with Gasteiger partial charge in [0.15, 0.2) is 0 Å². The number of hydrogen-bond acceptors (Lipinski definition) is 5. The lowest BCUT2D eigenvalue weighted by Crippen LogP contribution is -2.41. The first-order chi connectivity index (χ1) is 10.8. The molecule has 0 radical (unpaired) electrons. The predicted molar refractivity (Wildman–Crippen MR) is 86.0 cm³/mol. The fourth-order valence-electron chi connectivity index (χ4n) is 2.21. The van der Waals surface area contributed by atoms with Crippen LogP contribution in [-0.2, 0) is 4.74 Å². The fourth-order valence-corrected chi connectivity index (χ4v) is 2.21. The van der Waals surface area contributed by atoms with Gasteiger partial charge in [-0.15, -0.1) is 0 Å². The summed E-state index contributed by atoms with van der Waals surface area (Å²) in [7, 11) is 0. The summed E-state index contributed by atoms with van der Waals surface area (Å²) >= 11 is 0. The number of ether oxygens (including phenoxy) is 1. The number of rotatable bonds is 6. The Kier molecular flexibility index (Phi) is 7.05. The first kappa shape index (κ1) is 16.6. The van der Waals surface area contributed by atoms with E-state index in [9.17, 15) is 5.11 Å². The average Bonchev–Trinajstić information content (AvgIpc) is 2.57. The van der Waals surface area contributed by atoms with Gasteiger partial charge in [0, 0.05) is 19.6 Å². The lowest BCUT2D eigenvalue weighted by molar-refractivity contribution is 0.0165. The molecule has 0 amide bonds. The molecule has 1 unspecified atom stereocenters. The zero-order chi connectivity index (χ0) is 15.6. The molecule has 0 aromatic heterocycles. The fraction of sp³-hybridized carbons (Fsp3) is 0.438. The second kappa shape index (κ2) is 9.32. The van der Waals surface area contributed by atoms with Crippen molar-refractivity contribution >= 4 is 11.9 Å². The van der Waals surface area contributed by atoms with Crippen molar-refractivity contribution in [3.05, 3.63) is 42.0 Å². The van der Waals surface area contributed by atoms with Crippen molar-refractivity contribution in [2.45, 2.75) is 6.10 Å². The van der Waals surface area contributed by atoms with Crippen LogP contribution < -0.4 is 5.48 Å². The maximum atomic E-state index is 10.0. The van der Waals surface area contributed by atoms with Gasteiger partial charge in [-0.3, -0.25) is 20.6 Å². The monoisotopic (exact) mass is 305 g/mol. The molecule has 0 bridgehead atoms. The number of aliphatic hydroxyl groups is 1. The van der Waals surface area contributed by atoms with Crippen molar-refractivity contribution in [1.29, 1.82) is 0 Å². The summed E-state index contributed by atoms with van der Waals surface area (Å²) < 4.78 is 5.27. The standard InChI is InChI=1S/C16H23N3O3/c20-15(13-19-8-10-22-11-9-19)12-17-16(18-21)7-6-14-4-2-1-3-5-14/h1-7,15,20-21H,8-13H2,(H,17,18). The van der Waals surface area contributed by atoms with Crippen molar-refractivity contribution in [2.75, 3.05) is 39.4 Å². The third-order valence-electron chi connectivity index (χ3n) is 3.39. The van der Waals surface area contributed by atoms with Crippen LogP contribution in [0, 0.1) is 0 Å². The van der Waals surface area contributed by atoms with E-state index >= 15 is 0 Å². The molecule has 1 heterocycles. The lowest BCUT2D eigenvalue weighted by atomic mass is 10.2. The smallest absolute Gasteiger partial charge is 0.144 e. The number of benzene rings is 1. The van der Waals surface area contributed by atoms with E-state index in [0.29, 0.717) is 25.6 Å². The molecule has 6 heteroatoms. The minimum atomic E-state index is -0.563. The first-order valence-electron chi connectivity index (χ1n) is 7.44. The second-order valence-corrected chi connectivity index (χ2v) is 5.15. The SMILES string of the molecule is ONC(C=Cc1ccccc1)=NCC(O)CN1CCOCC1. The summed E-state index contributed by atoms with van der Waals surface area (Å²) in [5.74, 6) is 0.324. The summed E-state index contributed by atoms with van der Waals surface area (Å²) in [5, 5.41) is 19.1. The van der Waals surface area contributed by atoms with Crippen LogP contribution in [0.5, 0.6) is 0 Å². The topological polar surface area (TPSA) is 77.3 Å². The molecule has 0 aliphatic carbocycles. The Bertz CT molecular complexity index is 485. The average molecular weight is 305 g/mol. The van der Waals surface area contributed by atoms with Crippen molar-refractivity contribution in [3.8, 4) is 0 Å². The van der Waals surface area contributed by atoms with Crippen LogP contribution >= 0.6 is 0 Å². The van der Waals surface area contributed by atoms with Crippen molar-refractivity contribution in [2.24, 2.45) is 4.99 Å². The Morgan fingerprint density at radius 3 is 2.73 bits per heavy atom. The predicted octanol–water partition coefficient (Wildman–Crippen LogP) is 0.770. The lowest BCUT2D eigenvalue weighted by Gasteiger charge is -2.28. The zero-order valence-electron chi connectivity index (χ0n) is 12.6. The van der Waals surface area contributed by atoms with Gasteiger partial charge >= 0.3 is 0 Å². The third-order valence-corrected chi connectivity index (χ3v) is 3.39. The zero-order valence-corrected chi connectivity index (χ0v) is 12.6. The first-order valence-corrected chi connectivity index (χ1v) is 7.44. The molecule has 0 spiro atoms. The molecule has 1 fully saturated rings. The Morgan fingerprint density at radius 2 is 2.05 bits per heavy atom. The number of amidine groups is 1. The number of hydrogen-bond donors (Lipinski definition) is 3. The van der Waals surface area contributed by atoms with Crippen LogP contribution in [0.3, 0.4) is 0 Å². The molecule has 2 rings (SSSR count). The van der Waals surface area contributed by atoms with Gasteiger partial charge < -0.3 is 9.84 Å². The van der Waals surface area contributed by atoms with Crippen LogP contribution in [-0.4, -0.2) is 66.5 Å². The van der Waals surface area contributed by atoms with E-state index in [-0.39, 0.29) is 6.54 Å². The largest absolute Gasteiger partial charge is 0.390 e. The Balaban J connectivity index is 1.82. The van der Waals surface area contributed by atoms with Gasteiger partial charge in [0.05, 0.1) is 25.9 Å². The third kappa shape index (κ3) is 5.95. The molecule has 1 aromatic rings. The van der Waals surface area contributed by atoms with Crippen LogP contribution in [0.2, 0.25) is 0 Å². The molecule has 1 atom stereocenters. The number of hydroxylamine groups is 1. The normalized spacial score (nSPS) is 18.5. The Morgan fingerprint density at radius 1 is 1.32 bits per heavy atom. The van der Waals surface area contributed by atoms with Gasteiger partial charge in [-0.2, -0.15) is 0 Å². The molecule has 1 aliphatic rings. The second-order valence-electron chi connectivity index (χ2n) is 5.15. The number of aliphatic hydroxyl groups excluding tert-OH is 1. The van der Waals surface area contributed by atoms with Crippen LogP contribution in [0.25, 0.3) is 6.08 Å². The minimum absolute atomic E-state index is 0.235. The summed E-state index contributed by atoms with van der Waals surface area (Å²) in [6.45, 7) is 3.88. The quantitative estimate of drug-likeness (QED) is 0.411. The van der Waals surface area contributed by atoms with Crippen molar-refractivity contribution in [1.82, 2.24) is 10.4 Å². The van der Waals surface area contributed by atoms with Gasteiger partial charge in [-0.25, -0.2) is 0 Å². The minimum Gasteiger partial charge on any atom is -0.390 e. The molecular weight excluding hydrogens is 282 g/mol. The number of nitrogens with zero attached hydrogens (tertiary/aromatic N) is 2.